The normalized spacial score (nSPS) is 21.9. The molecule has 1 fully saturated rings. The molecule has 0 radical (unpaired) electrons. The van der Waals surface area contributed by atoms with Crippen LogP contribution >= 0.6 is 0 Å². The van der Waals surface area contributed by atoms with Crippen molar-refractivity contribution in [2.24, 2.45) is 0 Å². The van der Waals surface area contributed by atoms with Crippen molar-refractivity contribution in [1.82, 2.24) is 15.1 Å². The fourth-order valence-electron chi connectivity index (χ4n) is 2.22. The van der Waals surface area contributed by atoms with Gasteiger partial charge in [0.15, 0.2) is 0 Å². The molecule has 1 N–H and O–H groups in total. The molecule has 2 rings (SSSR count). The number of hydrogen-bond acceptors (Lipinski definition) is 5. The molecule has 98 valence electrons. The topological polar surface area (TPSA) is 55.4 Å². The number of nitrogens with one attached hydrogen (secondary N) is 1. The third-order valence-electron chi connectivity index (χ3n) is 3.43. The van der Waals surface area contributed by atoms with E-state index in [0.717, 1.165) is 31.9 Å². The first-order valence-corrected chi connectivity index (χ1v) is 6.27. The number of likely N-dealkylation sites (N-methyl/N-ethyl adjacent to an activating group) is 2. The van der Waals surface area contributed by atoms with E-state index >= 15 is 0 Å². The molecule has 0 aromatic carbocycles. The van der Waals surface area contributed by atoms with Gasteiger partial charge in [-0.15, -0.1) is 0 Å². The van der Waals surface area contributed by atoms with Gasteiger partial charge in [0.05, 0.1) is 6.54 Å². The van der Waals surface area contributed by atoms with E-state index in [4.69, 9.17) is 9.68 Å². The number of rotatable bonds is 4. The Labute approximate surface area is 108 Å². The van der Waals surface area contributed by atoms with Gasteiger partial charge in [0, 0.05) is 32.2 Å². The number of piperazine rings is 1. The molecule has 5 heteroatoms. The number of nitriles is 1. The monoisotopic (exact) mass is 248 g/mol. The van der Waals surface area contributed by atoms with Crippen molar-refractivity contribution in [2.75, 3.05) is 40.3 Å². The standard InChI is InChI=1S/C13H20N4O/c1-16-5-6-17(2)11(10-16)8-15-9-13-4-3-12(7-14)18-13/h3-4,11,15H,5-6,8-10H2,1-2H3. The molecule has 0 aliphatic carbocycles. The quantitative estimate of drug-likeness (QED) is 0.840. The predicted molar refractivity (Wildman–Crippen MR) is 69.0 cm³/mol. The van der Waals surface area contributed by atoms with Crippen LogP contribution in [0.5, 0.6) is 0 Å². The molecule has 18 heavy (non-hydrogen) atoms. The first kappa shape index (κ1) is 13.1. The second-order valence-corrected chi connectivity index (χ2v) is 4.91. The summed E-state index contributed by atoms with van der Waals surface area (Å²) in [7, 11) is 4.33. The van der Waals surface area contributed by atoms with Crippen molar-refractivity contribution in [2.45, 2.75) is 12.6 Å². The van der Waals surface area contributed by atoms with Gasteiger partial charge in [-0.1, -0.05) is 0 Å². The molecule has 1 unspecified atom stereocenters. The Kier molecular flexibility index (Phi) is 4.37. The van der Waals surface area contributed by atoms with Crippen LogP contribution < -0.4 is 5.32 Å². The molecule has 0 amide bonds. The molecule has 1 aromatic heterocycles. The first-order chi connectivity index (χ1) is 8.69. The Balaban J connectivity index is 1.76. The van der Waals surface area contributed by atoms with Crippen LogP contribution in [0.1, 0.15) is 11.5 Å². The Morgan fingerprint density at radius 2 is 2.28 bits per heavy atom. The predicted octanol–water partition coefficient (Wildman–Crippen LogP) is 0.487. The average molecular weight is 248 g/mol. The van der Waals surface area contributed by atoms with Gasteiger partial charge in [-0.25, -0.2) is 0 Å². The van der Waals surface area contributed by atoms with Gasteiger partial charge in [0.2, 0.25) is 5.76 Å². The number of hydrogen-bond donors (Lipinski definition) is 1. The number of nitrogens with zero attached hydrogens (tertiary/aromatic N) is 3. The highest BCUT2D eigenvalue weighted by Gasteiger charge is 2.21. The van der Waals surface area contributed by atoms with Gasteiger partial charge >= 0.3 is 0 Å². The van der Waals surface area contributed by atoms with Crippen molar-refractivity contribution in [3.05, 3.63) is 23.7 Å². The smallest absolute Gasteiger partial charge is 0.203 e. The van der Waals surface area contributed by atoms with Crippen LogP contribution in [-0.2, 0) is 6.54 Å². The minimum absolute atomic E-state index is 0.376. The van der Waals surface area contributed by atoms with Crippen molar-refractivity contribution in [3.63, 3.8) is 0 Å². The largest absolute Gasteiger partial charge is 0.449 e. The minimum Gasteiger partial charge on any atom is -0.449 e. The third kappa shape index (κ3) is 3.33. The van der Waals surface area contributed by atoms with Crippen LogP contribution in [0.2, 0.25) is 0 Å². The zero-order valence-corrected chi connectivity index (χ0v) is 11.0. The lowest BCUT2D eigenvalue weighted by Gasteiger charge is -2.37. The van der Waals surface area contributed by atoms with Gasteiger partial charge in [-0.05, 0) is 26.2 Å². The van der Waals surface area contributed by atoms with E-state index in [2.05, 4.69) is 29.2 Å². The molecule has 1 saturated heterocycles. The van der Waals surface area contributed by atoms with Gasteiger partial charge in [-0.3, -0.25) is 4.90 Å². The summed E-state index contributed by atoms with van der Waals surface area (Å²) in [6.07, 6.45) is 0. The van der Waals surface area contributed by atoms with Gasteiger partial charge in [0.1, 0.15) is 11.8 Å². The van der Waals surface area contributed by atoms with E-state index in [1.54, 1.807) is 6.07 Å². The fourth-order valence-corrected chi connectivity index (χ4v) is 2.22. The van der Waals surface area contributed by atoms with E-state index < -0.39 is 0 Å². The van der Waals surface area contributed by atoms with Gasteiger partial charge < -0.3 is 14.6 Å². The minimum atomic E-state index is 0.376. The molecule has 0 spiro atoms. The zero-order valence-electron chi connectivity index (χ0n) is 11.0. The maximum absolute atomic E-state index is 8.67. The van der Waals surface area contributed by atoms with Crippen molar-refractivity contribution in [3.8, 4) is 6.07 Å². The summed E-state index contributed by atoms with van der Waals surface area (Å²) in [5.41, 5.74) is 0. The lowest BCUT2D eigenvalue weighted by atomic mass is 10.2. The molecule has 0 saturated carbocycles. The van der Waals surface area contributed by atoms with Crippen LogP contribution in [0, 0.1) is 11.3 Å². The molecule has 2 heterocycles. The summed E-state index contributed by atoms with van der Waals surface area (Å²) in [6.45, 7) is 4.95. The molecular weight excluding hydrogens is 228 g/mol. The van der Waals surface area contributed by atoms with E-state index in [-0.39, 0.29) is 0 Å². The summed E-state index contributed by atoms with van der Waals surface area (Å²) in [5, 5.41) is 12.1. The highest BCUT2D eigenvalue weighted by Crippen LogP contribution is 2.07. The van der Waals surface area contributed by atoms with Crippen molar-refractivity contribution < 1.29 is 4.42 Å². The summed E-state index contributed by atoms with van der Waals surface area (Å²) >= 11 is 0. The Hall–Kier alpha value is -1.35. The summed E-state index contributed by atoms with van der Waals surface area (Å²) in [4.78, 5) is 4.74. The Morgan fingerprint density at radius 1 is 1.44 bits per heavy atom. The molecule has 1 aliphatic rings. The molecule has 1 atom stereocenters. The van der Waals surface area contributed by atoms with E-state index in [1.165, 1.54) is 0 Å². The maximum Gasteiger partial charge on any atom is 0.203 e. The van der Waals surface area contributed by atoms with Crippen LogP contribution in [0.25, 0.3) is 0 Å². The SMILES string of the molecule is CN1CCN(C)C(CNCc2ccc(C#N)o2)C1. The maximum atomic E-state index is 8.67. The van der Waals surface area contributed by atoms with Gasteiger partial charge in [0.25, 0.3) is 0 Å². The zero-order chi connectivity index (χ0) is 13.0. The molecule has 5 nitrogen and oxygen atoms in total. The van der Waals surface area contributed by atoms with Crippen molar-refractivity contribution in [1.29, 1.82) is 5.26 Å². The van der Waals surface area contributed by atoms with Crippen LogP contribution in [0.15, 0.2) is 16.5 Å². The highest BCUT2D eigenvalue weighted by atomic mass is 16.3. The lowest BCUT2D eigenvalue weighted by molar-refractivity contribution is 0.113. The molecule has 1 aliphatic heterocycles. The second kappa shape index (κ2) is 6.01. The summed E-state index contributed by atoms with van der Waals surface area (Å²) in [5.74, 6) is 1.19. The second-order valence-electron chi connectivity index (χ2n) is 4.91. The Bertz CT molecular complexity index is 423. The van der Waals surface area contributed by atoms with Crippen LogP contribution in [0.4, 0.5) is 0 Å². The summed E-state index contributed by atoms with van der Waals surface area (Å²) < 4.78 is 5.32. The third-order valence-corrected chi connectivity index (χ3v) is 3.43. The van der Waals surface area contributed by atoms with Crippen LogP contribution in [-0.4, -0.2) is 56.1 Å². The Morgan fingerprint density at radius 3 is 3.00 bits per heavy atom. The molecule has 0 bridgehead atoms. The first-order valence-electron chi connectivity index (χ1n) is 6.27. The highest BCUT2D eigenvalue weighted by molar-refractivity contribution is 5.18. The summed E-state index contributed by atoms with van der Waals surface area (Å²) in [6, 6.07) is 6.08. The fraction of sp³-hybridized carbons (Fsp3) is 0.615. The van der Waals surface area contributed by atoms with Crippen molar-refractivity contribution >= 4 is 0 Å². The van der Waals surface area contributed by atoms with Gasteiger partial charge in [-0.2, -0.15) is 5.26 Å². The van der Waals surface area contributed by atoms with Crippen LogP contribution in [0.3, 0.4) is 0 Å². The van der Waals surface area contributed by atoms with E-state index in [9.17, 15) is 0 Å². The number of furan rings is 1. The molecule has 1 aromatic rings. The van der Waals surface area contributed by atoms with E-state index in [0.29, 0.717) is 18.3 Å². The average Bonchev–Trinajstić information content (AvgIpc) is 2.81. The molecular formula is C13H20N4O. The lowest BCUT2D eigenvalue weighted by Crippen LogP contribution is -2.53. The van der Waals surface area contributed by atoms with E-state index in [1.807, 2.05) is 12.1 Å².